The van der Waals surface area contributed by atoms with Crippen molar-refractivity contribution in [2.24, 2.45) is 0 Å². The van der Waals surface area contributed by atoms with Crippen LogP contribution in [0.4, 0.5) is 4.79 Å². The molecular formula is C21H18BrI2NO3S. The van der Waals surface area contributed by atoms with Gasteiger partial charge in [0.05, 0.1) is 12.0 Å². The molecule has 1 aliphatic rings. The summed E-state index contributed by atoms with van der Waals surface area (Å²) in [5.41, 5.74) is 1.97. The van der Waals surface area contributed by atoms with E-state index in [9.17, 15) is 9.59 Å². The van der Waals surface area contributed by atoms with Crippen LogP contribution in [-0.4, -0.2) is 22.6 Å². The molecule has 3 rings (SSSR count). The maximum absolute atomic E-state index is 12.5. The number of thioether (sulfide) groups is 1. The lowest BCUT2D eigenvalue weighted by Crippen LogP contribution is -2.29. The lowest BCUT2D eigenvalue weighted by atomic mass is 10.2. The van der Waals surface area contributed by atoms with Crippen LogP contribution < -0.4 is 4.74 Å². The second kappa shape index (κ2) is 10.6. The van der Waals surface area contributed by atoms with Gasteiger partial charge in [0, 0.05) is 11.0 Å². The first-order chi connectivity index (χ1) is 13.9. The maximum Gasteiger partial charge on any atom is 0.293 e. The number of ether oxygens (including phenoxy) is 1. The highest BCUT2D eigenvalue weighted by molar-refractivity contribution is 14.1. The Morgan fingerprint density at radius 2 is 1.79 bits per heavy atom. The van der Waals surface area contributed by atoms with Gasteiger partial charge >= 0.3 is 0 Å². The van der Waals surface area contributed by atoms with Gasteiger partial charge in [0.15, 0.2) is 0 Å². The predicted molar refractivity (Wildman–Crippen MR) is 138 cm³/mol. The van der Waals surface area contributed by atoms with Gasteiger partial charge in [-0.05, 0) is 105 Å². The summed E-state index contributed by atoms with van der Waals surface area (Å²) in [6.45, 7) is 3.00. The Hall–Kier alpha value is -0.590. The first kappa shape index (κ1) is 23.1. The van der Waals surface area contributed by atoms with E-state index < -0.39 is 0 Å². The van der Waals surface area contributed by atoms with Crippen LogP contribution in [0.25, 0.3) is 6.08 Å². The van der Waals surface area contributed by atoms with Crippen molar-refractivity contribution >= 4 is 90.1 Å². The third kappa shape index (κ3) is 5.98. The smallest absolute Gasteiger partial charge is 0.293 e. The Morgan fingerprint density at radius 3 is 2.41 bits per heavy atom. The summed E-state index contributed by atoms with van der Waals surface area (Å²) < 4.78 is 8.99. The SMILES string of the molecule is CCCCN1C(=O)S/C(=C\c2cc(I)c(OCc3ccc(Br)cc3)c(I)c2)C1=O. The van der Waals surface area contributed by atoms with E-state index in [-0.39, 0.29) is 11.1 Å². The van der Waals surface area contributed by atoms with E-state index in [0.29, 0.717) is 18.1 Å². The van der Waals surface area contributed by atoms with Crippen LogP contribution in [0, 0.1) is 7.14 Å². The Bertz CT molecular complexity index is 940. The quantitative estimate of drug-likeness (QED) is 0.230. The average molecular weight is 698 g/mol. The molecule has 0 bridgehead atoms. The molecule has 152 valence electrons. The van der Waals surface area contributed by atoms with Crippen molar-refractivity contribution in [2.45, 2.75) is 26.4 Å². The van der Waals surface area contributed by atoms with Crippen molar-refractivity contribution < 1.29 is 14.3 Å². The molecule has 1 saturated heterocycles. The van der Waals surface area contributed by atoms with Crippen molar-refractivity contribution in [3.8, 4) is 5.75 Å². The molecule has 0 atom stereocenters. The standard InChI is InChI=1S/C21H18BrI2NO3S/c1-2-3-8-25-20(26)18(29-21(25)27)11-14-9-16(23)19(17(24)10-14)28-12-13-4-6-15(22)7-5-13/h4-7,9-11H,2-3,8,12H2,1H3/b18-11-. The van der Waals surface area contributed by atoms with Crippen molar-refractivity contribution in [1.82, 2.24) is 4.90 Å². The number of unbranched alkanes of at least 4 members (excludes halogenated alkanes) is 1. The number of hydrogen-bond acceptors (Lipinski definition) is 4. The number of amides is 2. The molecule has 29 heavy (non-hydrogen) atoms. The summed E-state index contributed by atoms with van der Waals surface area (Å²) in [6.07, 6.45) is 3.56. The number of carbonyl (C=O) groups is 2. The molecule has 0 unspecified atom stereocenters. The number of hydrogen-bond donors (Lipinski definition) is 0. The van der Waals surface area contributed by atoms with Gasteiger partial charge in [0.25, 0.3) is 11.1 Å². The second-order valence-corrected chi connectivity index (χ2v) is 10.6. The number of halogens is 3. The second-order valence-electron chi connectivity index (χ2n) is 6.42. The first-order valence-corrected chi connectivity index (χ1v) is 12.8. The minimum absolute atomic E-state index is 0.187. The molecule has 2 aromatic rings. The van der Waals surface area contributed by atoms with Gasteiger partial charge in [-0.3, -0.25) is 14.5 Å². The van der Waals surface area contributed by atoms with Crippen LogP contribution in [0.2, 0.25) is 0 Å². The predicted octanol–water partition coefficient (Wildman–Crippen LogP) is 7.07. The van der Waals surface area contributed by atoms with Gasteiger partial charge in [0.1, 0.15) is 12.4 Å². The molecule has 0 aliphatic carbocycles. The molecule has 4 nitrogen and oxygen atoms in total. The molecule has 0 saturated carbocycles. The Morgan fingerprint density at radius 1 is 1.14 bits per heavy atom. The van der Waals surface area contributed by atoms with Gasteiger partial charge in [-0.25, -0.2) is 0 Å². The molecular weight excluding hydrogens is 680 g/mol. The third-order valence-corrected chi connectivity index (χ3v) is 7.26. The van der Waals surface area contributed by atoms with E-state index in [1.807, 2.05) is 43.3 Å². The van der Waals surface area contributed by atoms with Crippen LogP contribution >= 0.6 is 72.9 Å². The lowest BCUT2D eigenvalue weighted by molar-refractivity contribution is -0.122. The van der Waals surface area contributed by atoms with Gasteiger partial charge in [-0.2, -0.15) is 0 Å². The molecule has 0 aromatic heterocycles. The van der Waals surface area contributed by atoms with E-state index in [4.69, 9.17) is 4.74 Å². The minimum atomic E-state index is -0.200. The minimum Gasteiger partial charge on any atom is -0.487 e. The van der Waals surface area contributed by atoms with Crippen LogP contribution in [0.1, 0.15) is 30.9 Å². The molecule has 2 amide bonds. The zero-order valence-electron chi connectivity index (χ0n) is 15.6. The molecule has 1 heterocycles. The van der Waals surface area contributed by atoms with E-state index in [0.717, 1.165) is 53.1 Å². The Kier molecular flexibility index (Phi) is 8.46. The maximum atomic E-state index is 12.5. The normalized spacial score (nSPS) is 15.4. The fraction of sp³-hybridized carbons (Fsp3) is 0.238. The van der Waals surface area contributed by atoms with Crippen LogP contribution in [0.3, 0.4) is 0 Å². The first-order valence-electron chi connectivity index (χ1n) is 9.00. The van der Waals surface area contributed by atoms with Gasteiger partial charge in [0.2, 0.25) is 0 Å². The van der Waals surface area contributed by atoms with E-state index in [1.165, 1.54) is 4.90 Å². The lowest BCUT2D eigenvalue weighted by Gasteiger charge is -2.12. The summed E-state index contributed by atoms with van der Waals surface area (Å²) >= 11 is 8.93. The summed E-state index contributed by atoms with van der Waals surface area (Å²) in [6, 6.07) is 12.0. The Labute approximate surface area is 210 Å². The molecule has 0 spiro atoms. The molecule has 1 fully saturated rings. The number of imide groups is 1. The van der Waals surface area contributed by atoms with Crippen molar-refractivity contribution in [1.29, 1.82) is 0 Å². The highest BCUT2D eigenvalue weighted by Gasteiger charge is 2.34. The third-order valence-electron chi connectivity index (χ3n) is 4.22. The fourth-order valence-electron chi connectivity index (χ4n) is 2.70. The molecule has 2 aromatic carbocycles. The van der Waals surface area contributed by atoms with Crippen LogP contribution in [0.5, 0.6) is 5.75 Å². The highest BCUT2D eigenvalue weighted by atomic mass is 127. The van der Waals surface area contributed by atoms with E-state index in [2.05, 4.69) is 61.1 Å². The van der Waals surface area contributed by atoms with Crippen LogP contribution in [-0.2, 0) is 11.4 Å². The fourth-order valence-corrected chi connectivity index (χ4v) is 5.95. The number of rotatable bonds is 7. The van der Waals surface area contributed by atoms with Crippen molar-refractivity contribution in [2.75, 3.05) is 6.54 Å². The van der Waals surface area contributed by atoms with E-state index >= 15 is 0 Å². The average Bonchev–Trinajstić information content (AvgIpc) is 2.94. The van der Waals surface area contributed by atoms with Gasteiger partial charge < -0.3 is 4.74 Å². The molecule has 0 N–H and O–H groups in total. The summed E-state index contributed by atoms with van der Waals surface area (Å²) in [5, 5.41) is -0.187. The monoisotopic (exact) mass is 697 g/mol. The van der Waals surface area contributed by atoms with Crippen molar-refractivity contribution in [3.05, 3.63) is 64.0 Å². The Balaban J connectivity index is 1.75. The molecule has 0 radical (unpaired) electrons. The topological polar surface area (TPSA) is 46.6 Å². The number of benzene rings is 2. The molecule has 1 aliphatic heterocycles. The van der Waals surface area contributed by atoms with Gasteiger partial charge in [-0.15, -0.1) is 0 Å². The summed E-state index contributed by atoms with van der Waals surface area (Å²) in [5.74, 6) is 0.622. The number of nitrogens with zero attached hydrogens (tertiary/aromatic N) is 1. The summed E-state index contributed by atoms with van der Waals surface area (Å²) in [4.78, 5) is 26.5. The van der Waals surface area contributed by atoms with Crippen molar-refractivity contribution in [3.63, 3.8) is 0 Å². The highest BCUT2D eigenvalue weighted by Crippen LogP contribution is 2.35. The van der Waals surface area contributed by atoms with Crippen LogP contribution in [0.15, 0.2) is 45.8 Å². The molecule has 8 heteroatoms. The zero-order chi connectivity index (χ0) is 21.0. The number of carbonyl (C=O) groups excluding carboxylic acids is 2. The largest absolute Gasteiger partial charge is 0.487 e. The zero-order valence-corrected chi connectivity index (χ0v) is 22.3. The van der Waals surface area contributed by atoms with Gasteiger partial charge in [-0.1, -0.05) is 41.4 Å². The van der Waals surface area contributed by atoms with E-state index in [1.54, 1.807) is 6.08 Å². The summed E-state index contributed by atoms with van der Waals surface area (Å²) in [7, 11) is 0.